The first kappa shape index (κ1) is 16.0. The largest absolute Gasteiger partial charge is 0.480 e. The Kier molecular flexibility index (Phi) is 4.32. The van der Waals surface area contributed by atoms with Gasteiger partial charge in [-0.3, -0.25) is 4.79 Å². The Morgan fingerprint density at radius 3 is 2.56 bits per heavy atom. The molecule has 2 aliphatic rings. The molecule has 0 spiro atoms. The van der Waals surface area contributed by atoms with E-state index >= 15 is 0 Å². The van der Waals surface area contributed by atoms with Crippen molar-refractivity contribution in [2.24, 2.45) is 0 Å². The molecule has 2 heterocycles. The summed E-state index contributed by atoms with van der Waals surface area (Å²) in [5.74, 6) is 0.729. The lowest BCUT2D eigenvalue weighted by Gasteiger charge is -2.35. The monoisotopic (exact) mass is 337 g/mol. The molecular formula is C20H23N3O2. The van der Waals surface area contributed by atoms with Gasteiger partial charge in [0.25, 0.3) is 5.91 Å². The second-order valence-electron chi connectivity index (χ2n) is 6.72. The predicted molar refractivity (Wildman–Crippen MR) is 99.3 cm³/mol. The number of para-hydroxylation sites is 3. The molecule has 1 fully saturated rings. The summed E-state index contributed by atoms with van der Waals surface area (Å²) in [4.78, 5) is 17.4. The van der Waals surface area contributed by atoms with Crippen LogP contribution in [0.1, 0.15) is 5.56 Å². The molecule has 1 atom stereocenters. The van der Waals surface area contributed by atoms with Gasteiger partial charge in [0.15, 0.2) is 6.10 Å². The molecule has 130 valence electrons. The highest BCUT2D eigenvalue weighted by atomic mass is 16.5. The summed E-state index contributed by atoms with van der Waals surface area (Å²) in [5, 5.41) is 3.08. The molecule has 1 amide bonds. The van der Waals surface area contributed by atoms with E-state index in [1.54, 1.807) is 0 Å². The molecule has 0 saturated carbocycles. The van der Waals surface area contributed by atoms with Crippen LogP contribution < -0.4 is 15.0 Å². The summed E-state index contributed by atoms with van der Waals surface area (Å²) in [6.07, 6.45) is 0.163. The second kappa shape index (κ2) is 6.76. The molecule has 2 aliphatic heterocycles. The van der Waals surface area contributed by atoms with E-state index in [2.05, 4.69) is 28.2 Å². The summed E-state index contributed by atoms with van der Waals surface area (Å²) in [6, 6.07) is 15.9. The molecule has 2 aromatic rings. The number of nitrogens with one attached hydrogen (secondary N) is 1. The van der Waals surface area contributed by atoms with Gasteiger partial charge in [-0.1, -0.05) is 30.3 Å². The molecule has 1 saturated heterocycles. The lowest BCUT2D eigenvalue weighted by atomic mass is 10.1. The Morgan fingerprint density at radius 2 is 1.76 bits per heavy atom. The number of piperazine rings is 1. The highest BCUT2D eigenvalue weighted by molar-refractivity contribution is 5.98. The average molecular weight is 337 g/mol. The highest BCUT2D eigenvalue weighted by Crippen LogP contribution is 2.30. The van der Waals surface area contributed by atoms with E-state index in [0.717, 1.165) is 48.9 Å². The van der Waals surface area contributed by atoms with Crippen molar-refractivity contribution in [3.63, 3.8) is 0 Å². The zero-order chi connectivity index (χ0) is 17.2. The number of hydrogen-bond acceptors (Lipinski definition) is 4. The van der Waals surface area contributed by atoms with Crippen molar-refractivity contribution in [3.05, 3.63) is 54.1 Å². The van der Waals surface area contributed by atoms with Gasteiger partial charge in [0.2, 0.25) is 0 Å². The normalized spacial score (nSPS) is 20.0. The SMILES string of the molecule is CN1CCN(c2ccccc2NC(=O)[C@H]2Cc3ccccc3O2)CC1. The van der Waals surface area contributed by atoms with E-state index in [-0.39, 0.29) is 5.91 Å². The molecule has 0 aromatic heterocycles. The summed E-state index contributed by atoms with van der Waals surface area (Å²) in [6.45, 7) is 4.00. The standard InChI is InChI=1S/C20H23N3O2/c1-22-10-12-23(13-11-22)17-8-4-3-7-16(17)21-20(24)19-14-15-6-2-5-9-18(15)25-19/h2-9,19H,10-14H2,1H3,(H,21,24)/t19-/m1/s1. The fourth-order valence-electron chi connectivity index (χ4n) is 3.44. The van der Waals surface area contributed by atoms with Crippen LogP contribution in [0.2, 0.25) is 0 Å². The molecule has 0 radical (unpaired) electrons. The van der Waals surface area contributed by atoms with Crippen molar-refractivity contribution >= 4 is 17.3 Å². The third-order valence-electron chi connectivity index (χ3n) is 4.95. The van der Waals surface area contributed by atoms with Crippen molar-refractivity contribution in [1.29, 1.82) is 0 Å². The van der Waals surface area contributed by atoms with Crippen molar-refractivity contribution < 1.29 is 9.53 Å². The number of anilines is 2. The third kappa shape index (κ3) is 3.33. The summed E-state index contributed by atoms with van der Waals surface area (Å²) < 4.78 is 5.81. The van der Waals surface area contributed by atoms with Crippen LogP contribution in [0.5, 0.6) is 5.75 Å². The van der Waals surface area contributed by atoms with Crippen LogP contribution in [0.25, 0.3) is 0 Å². The Morgan fingerprint density at radius 1 is 1.04 bits per heavy atom. The minimum absolute atomic E-state index is 0.0854. The fraction of sp³-hybridized carbons (Fsp3) is 0.350. The van der Waals surface area contributed by atoms with Gasteiger partial charge in [-0.15, -0.1) is 0 Å². The van der Waals surface area contributed by atoms with Crippen LogP contribution >= 0.6 is 0 Å². The summed E-state index contributed by atoms with van der Waals surface area (Å²) >= 11 is 0. The molecule has 0 unspecified atom stereocenters. The van der Waals surface area contributed by atoms with Crippen LogP contribution in [0.3, 0.4) is 0 Å². The van der Waals surface area contributed by atoms with E-state index in [9.17, 15) is 4.79 Å². The second-order valence-corrected chi connectivity index (χ2v) is 6.72. The molecule has 0 aliphatic carbocycles. The highest BCUT2D eigenvalue weighted by Gasteiger charge is 2.29. The zero-order valence-electron chi connectivity index (χ0n) is 14.4. The first-order valence-corrected chi connectivity index (χ1v) is 8.78. The zero-order valence-corrected chi connectivity index (χ0v) is 14.4. The number of fused-ring (bicyclic) bond motifs is 1. The molecule has 2 aromatic carbocycles. The van der Waals surface area contributed by atoms with Crippen LogP contribution in [0, 0.1) is 0 Å². The summed E-state index contributed by atoms with van der Waals surface area (Å²) in [7, 11) is 2.14. The van der Waals surface area contributed by atoms with E-state index in [4.69, 9.17) is 4.74 Å². The van der Waals surface area contributed by atoms with Gasteiger partial charge >= 0.3 is 0 Å². The van der Waals surface area contributed by atoms with E-state index in [0.29, 0.717) is 6.42 Å². The Labute approximate surface area is 148 Å². The number of benzene rings is 2. The number of carbonyl (C=O) groups is 1. The third-order valence-corrected chi connectivity index (χ3v) is 4.95. The fourth-order valence-corrected chi connectivity index (χ4v) is 3.44. The molecular weight excluding hydrogens is 314 g/mol. The number of hydrogen-bond donors (Lipinski definition) is 1. The maximum atomic E-state index is 12.7. The average Bonchev–Trinajstić information content (AvgIpc) is 3.07. The quantitative estimate of drug-likeness (QED) is 0.934. The van der Waals surface area contributed by atoms with Crippen LogP contribution in [-0.2, 0) is 11.2 Å². The van der Waals surface area contributed by atoms with Crippen LogP contribution in [0.4, 0.5) is 11.4 Å². The number of rotatable bonds is 3. The van der Waals surface area contributed by atoms with Crippen LogP contribution in [0.15, 0.2) is 48.5 Å². The number of amides is 1. The van der Waals surface area contributed by atoms with Crippen molar-refractivity contribution in [3.8, 4) is 5.75 Å². The smallest absolute Gasteiger partial charge is 0.265 e. The maximum Gasteiger partial charge on any atom is 0.265 e. The summed E-state index contributed by atoms with van der Waals surface area (Å²) in [5.41, 5.74) is 3.03. The first-order chi connectivity index (χ1) is 12.2. The molecule has 1 N–H and O–H groups in total. The maximum absolute atomic E-state index is 12.7. The molecule has 0 bridgehead atoms. The number of nitrogens with zero attached hydrogens (tertiary/aromatic N) is 2. The Bertz CT molecular complexity index is 744. The van der Waals surface area contributed by atoms with Gasteiger partial charge in [-0.05, 0) is 30.8 Å². The topological polar surface area (TPSA) is 44.8 Å². The van der Waals surface area contributed by atoms with E-state index in [1.165, 1.54) is 0 Å². The number of carbonyl (C=O) groups excluding carboxylic acids is 1. The van der Waals surface area contributed by atoms with E-state index < -0.39 is 6.10 Å². The number of ether oxygens (including phenoxy) is 1. The Balaban J connectivity index is 1.47. The predicted octanol–water partition coefficient (Wildman–Crippen LogP) is 2.38. The van der Waals surface area contributed by atoms with Gasteiger partial charge in [-0.25, -0.2) is 0 Å². The van der Waals surface area contributed by atoms with Crippen molar-refractivity contribution in [1.82, 2.24) is 4.90 Å². The van der Waals surface area contributed by atoms with Gasteiger partial charge in [-0.2, -0.15) is 0 Å². The molecule has 4 rings (SSSR count). The first-order valence-electron chi connectivity index (χ1n) is 8.78. The van der Waals surface area contributed by atoms with Gasteiger partial charge in [0.1, 0.15) is 5.75 Å². The number of likely N-dealkylation sites (N-methyl/N-ethyl adjacent to an activating group) is 1. The molecule has 5 heteroatoms. The van der Waals surface area contributed by atoms with Crippen molar-refractivity contribution in [2.75, 3.05) is 43.4 Å². The van der Waals surface area contributed by atoms with Crippen LogP contribution in [-0.4, -0.2) is 50.1 Å². The van der Waals surface area contributed by atoms with Crippen molar-refractivity contribution in [2.45, 2.75) is 12.5 Å². The molecule has 5 nitrogen and oxygen atoms in total. The van der Waals surface area contributed by atoms with Gasteiger partial charge in [0.05, 0.1) is 11.4 Å². The molecule has 25 heavy (non-hydrogen) atoms. The lowest BCUT2D eigenvalue weighted by molar-refractivity contribution is -0.122. The van der Waals surface area contributed by atoms with Gasteiger partial charge < -0.3 is 19.9 Å². The minimum atomic E-state index is -0.460. The van der Waals surface area contributed by atoms with Gasteiger partial charge in [0, 0.05) is 32.6 Å². The minimum Gasteiger partial charge on any atom is -0.480 e. The van der Waals surface area contributed by atoms with E-state index in [1.807, 2.05) is 42.5 Å². The lowest BCUT2D eigenvalue weighted by Crippen LogP contribution is -2.44. The Hall–Kier alpha value is -2.53.